The van der Waals surface area contributed by atoms with Gasteiger partial charge in [0.1, 0.15) is 5.75 Å². The van der Waals surface area contributed by atoms with Crippen molar-refractivity contribution in [3.63, 3.8) is 0 Å². The summed E-state index contributed by atoms with van der Waals surface area (Å²) in [5.74, 6) is 0.978. The van der Waals surface area contributed by atoms with E-state index >= 15 is 0 Å². The number of amides is 2. The molecule has 1 unspecified atom stereocenters. The topological polar surface area (TPSA) is 67.7 Å². The highest BCUT2D eigenvalue weighted by atomic mass is 16.5. The monoisotopic (exact) mass is 382 g/mol. The van der Waals surface area contributed by atoms with E-state index in [2.05, 4.69) is 5.10 Å². The van der Waals surface area contributed by atoms with Gasteiger partial charge >= 0.3 is 0 Å². The van der Waals surface area contributed by atoms with E-state index in [0.717, 1.165) is 29.8 Å². The fraction of sp³-hybridized carbons (Fsp3) is 0.476. The number of likely N-dealkylation sites (tertiary alicyclic amines) is 1. The van der Waals surface area contributed by atoms with E-state index in [-0.39, 0.29) is 17.7 Å². The van der Waals surface area contributed by atoms with Crippen molar-refractivity contribution in [2.75, 3.05) is 20.7 Å². The molecule has 0 bridgehead atoms. The molecule has 0 spiro atoms. The van der Waals surface area contributed by atoms with Crippen molar-refractivity contribution in [1.29, 1.82) is 0 Å². The average Bonchev–Trinajstić information content (AvgIpc) is 3.46. The predicted molar refractivity (Wildman–Crippen MR) is 104 cm³/mol. The molecule has 0 N–H and O–H groups in total. The first kappa shape index (κ1) is 18.5. The molecule has 1 aromatic heterocycles. The second-order valence-corrected chi connectivity index (χ2v) is 7.70. The van der Waals surface area contributed by atoms with Crippen LogP contribution in [0.5, 0.6) is 5.75 Å². The minimum atomic E-state index is -0.100. The van der Waals surface area contributed by atoms with Gasteiger partial charge in [0.2, 0.25) is 11.8 Å². The fourth-order valence-corrected chi connectivity index (χ4v) is 3.81. The van der Waals surface area contributed by atoms with Crippen LogP contribution < -0.4 is 4.74 Å². The Morgan fingerprint density at radius 3 is 2.89 bits per heavy atom. The van der Waals surface area contributed by atoms with Gasteiger partial charge in [0.05, 0.1) is 24.9 Å². The van der Waals surface area contributed by atoms with Gasteiger partial charge in [-0.3, -0.25) is 9.59 Å². The Hall–Kier alpha value is -2.83. The summed E-state index contributed by atoms with van der Waals surface area (Å²) in [6, 6.07) is 8.05. The number of hydrogen-bond acceptors (Lipinski definition) is 4. The van der Waals surface area contributed by atoms with Crippen molar-refractivity contribution in [2.45, 2.75) is 38.3 Å². The number of carbonyl (C=O) groups is 2. The minimum absolute atomic E-state index is 0.100. The SMILES string of the molecule is COc1cccc(-n2cc(CN(C)C(=O)C3CCC(=O)N(C4CC4)C3)cn2)c1. The lowest BCUT2D eigenvalue weighted by molar-refractivity contribution is -0.143. The standard InChI is InChI=1S/C21H26N4O3/c1-23(21(27)16-6-9-20(26)24(14-16)17-7-8-17)12-15-11-22-25(13-15)18-4-3-5-19(10-18)28-2/h3-5,10-11,13,16-17H,6-9,12,14H2,1-2H3. The van der Waals surface area contributed by atoms with Gasteiger partial charge in [-0.05, 0) is 31.4 Å². The number of piperidine rings is 1. The smallest absolute Gasteiger partial charge is 0.227 e. The molecule has 1 atom stereocenters. The number of rotatable bonds is 6. The van der Waals surface area contributed by atoms with E-state index in [1.807, 2.05) is 42.4 Å². The van der Waals surface area contributed by atoms with Crippen molar-refractivity contribution in [2.24, 2.45) is 5.92 Å². The lowest BCUT2D eigenvalue weighted by atomic mass is 9.96. The van der Waals surface area contributed by atoms with Crippen LogP contribution in [-0.4, -0.2) is 58.1 Å². The first-order valence-electron chi connectivity index (χ1n) is 9.77. The molecule has 2 fully saturated rings. The van der Waals surface area contributed by atoms with Gasteiger partial charge in [0.15, 0.2) is 0 Å². The Labute approximate surface area is 164 Å². The highest BCUT2D eigenvalue weighted by Crippen LogP contribution is 2.32. The summed E-state index contributed by atoms with van der Waals surface area (Å²) < 4.78 is 7.04. The third-order valence-electron chi connectivity index (χ3n) is 5.53. The molecule has 2 amide bonds. The third kappa shape index (κ3) is 3.88. The normalized spacial score (nSPS) is 19.6. The molecular weight excluding hydrogens is 356 g/mol. The quantitative estimate of drug-likeness (QED) is 0.768. The van der Waals surface area contributed by atoms with E-state index in [9.17, 15) is 9.59 Å². The van der Waals surface area contributed by atoms with E-state index in [0.29, 0.717) is 32.0 Å². The molecule has 7 nitrogen and oxygen atoms in total. The molecule has 148 valence electrons. The Kier molecular flexibility index (Phi) is 5.07. The summed E-state index contributed by atoms with van der Waals surface area (Å²) in [5.41, 5.74) is 1.87. The summed E-state index contributed by atoms with van der Waals surface area (Å²) in [6.07, 6.45) is 6.99. The second-order valence-electron chi connectivity index (χ2n) is 7.70. The number of nitrogens with zero attached hydrogens (tertiary/aromatic N) is 4. The Morgan fingerprint density at radius 1 is 1.32 bits per heavy atom. The molecule has 2 aromatic rings. The van der Waals surface area contributed by atoms with E-state index in [4.69, 9.17) is 4.74 Å². The molecule has 28 heavy (non-hydrogen) atoms. The third-order valence-corrected chi connectivity index (χ3v) is 5.53. The Morgan fingerprint density at radius 2 is 2.14 bits per heavy atom. The van der Waals surface area contributed by atoms with Crippen LogP contribution in [0.3, 0.4) is 0 Å². The van der Waals surface area contributed by atoms with Crippen LogP contribution in [0.25, 0.3) is 5.69 Å². The van der Waals surface area contributed by atoms with Crippen molar-refractivity contribution < 1.29 is 14.3 Å². The lowest BCUT2D eigenvalue weighted by Gasteiger charge is -2.34. The van der Waals surface area contributed by atoms with Crippen LogP contribution in [0.2, 0.25) is 0 Å². The molecule has 1 aliphatic heterocycles. The Bertz CT molecular complexity index is 874. The van der Waals surface area contributed by atoms with E-state index in [1.54, 1.807) is 22.9 Å². The van der Waals surface area contributed by atoms with Crippen LogP contribution in [0.1, 0.15) is 31.2 Å². The number of benzene rings is 1. The number of methoxy groups -OCH3 is 1. The van der Waals surface area contributed by atoms with Gasteiger partial charge in [-0.1, -0.05) is 6.07 Å². The fourth-order valence-electron chi connectivity index (χ4n) is 3.81. The number of carbonyl (C=O) groups excluding carboxylic acids is 2. The predicted octanol–water partition coefficient (Wildman–Crippen LogP) is 2.24. The zero-order chi connectivity index (χ0) is 19.7. The largest absolute Gasteiger partial charge is 0.497 e. The van der Waals surface area contributed by atoms with Crippen LogP contribution >= 0.6 is 0 Å². The van der Waals surface area contributed by atoms with Crippen LogP contribution in [0, 0.1) is 5.92 Å². The minimum Gasteiger partial charge on any atom is -0.497 e. The molecule has 1 saturated heterocycles. The molecule has 1 aromatic carbocycles. The molecule has 0 radical (unpaired) electrons. The maximum Gasteiger partial charge on any atom is 0.227 e. The van der Waals surface area contributed by atoms with Crippen molar-refractivity contribution in [3.8, 4) is 11.4 Å². The molecular formula is C21H26N4O3. The summed E-state index contributed by atoms with van der Waals surface area (Å²) >= 11 is 0. The summed E-state index contributed by atoms with van der Waals surface area (Å²) in [5, 5.41) is 4.41. The van der Waals surface area contributed by atoms with Gasteiger partial charge in [-0.2, -0.15) is 5.10 Å². The molecule has 1 aliphatic carbocycles. The first-order valence-corrected chi connectivity index (χ1v) is 9.77. The maximum atomic E-state index is 12.9. The highest BCUT2D eigenvalue weighted by molar-refractivity contribution is 5.84. The number of hydrogen-bond donors (Lipinski definition) is 0. The van der Waals surface area contributed by atoms with E-state index < -0.39 is 0 Å². The van der Waals surface area contributed by atoms with Gasteiger partial charge < -0.3 is 14.5 Å². The van der Waals surface area contributed by atoms with Crippen LogP contribution in [-0.2, 0) is 16.1 Å². The number of ether oxygens (including phenoxy) is 1. The molecule has 7 heteroatoms. The zero-order valence-electron chi connectivity index (χ0n) is 16.4. The summed E-state index contributed by atoms with van der Waals surface area (Å²) in [4.78, 5) is 28.6. The maximum absolute atomic E-state index is 12.9. The molecule has 1 saturated carbocycles. The van der Waals surface area contributed by atoms with E-state index in [1.165, 1.54) is 0 Å². The van der Waals surface area contributed by atoms with Crippen molar-refractivity contribution >= 4 is 11.8 Å². The van der Waals surface area contributed by atoms with Crippen LogP contribution in [0.15, 0.2) is 36.7 Å². The van der Waals surface area contributed by atoms with Crippen molar-refractivity contribution in [3.05, 3.63) is 42.2 Å². The Balaban J connectivity index is 1.39. The van der Waals surface area contributed by atoms with Gasteiger partial charge in [-0.15, -0.1) is 0 Å². The van der Waals surface area contributed by atoms with Gasteiger partial charge in [0, 0.05) is 50.4 Å². The average molecular weight is 382 g/mol. The summed E-state index contributed by atoms with van der Waals surface area (Å²) in [6.45, 7) is 1.06. The lowest BCUT2D eigenvalue weighted by Crippen LogP contribution is -2.46. The van der Waals surface area contributed by atoms with Crippen LogP contribution in [0.4, 0.5) is 0 Å². The zero-order valence-corrected chi connectivity index (χ0v) is 16.4. The second kappa shape index (κ2) is 7.66. The number of aromatic nitrogens is 2. The summed E-state index contributed by atoms with van der Waals surface area (Å²) in [7, 11) is 3.46. The van der Waals surface area contributed by atoms with Crippen molar-refractivity contribution in [1.82, 2.24) is 19.6 Å². The van der Waals surface area contributed by atoms with Gasteiger partial charge in [0.25, 0.3) is 0 Å². The highest BCUT2D eigenvalue weighted by Gasteiger charge is 2.39. The van der Waals surface area contributed by atoms with Gasteiger partial charge in [-0.25, -0.2) is 4.68 Å². The molecule has 2 aliphatic rings. The molecule has 4 rings (SSSR count). The first-order chi connectivity index (χ1) is 13.5. The molecule has 2 heterocycles.